The number of hydrogen-bond donors (Lipinski definition) is 3. The summed E-state index contributed by atoms with van der Waals surface area (Å²) in [7, 11) is 0. The standard InChI is InChI=1S/C17H22N2O2S5/c1-23-16-6-4-12(25-16)13-5-7-17(26-13)24-11-15(21)19-9-3-2-8-18-14(20)10-22/h4-7,22H,2-3,8-11H2,1H3,(H,18,20)(H,19,21). The first-order chi connectivity index (χ1) is 12.6. The van der Waals surface area contributed by atoms with Crippen LogP contribution in [0.25, 0.3) is 9.75 Å². The minimum absolute atomic E-state index is 0.0464. The average Bonchev–Trinajstić information content (AvgIpc) is 3.31. The van der Waals surface area contributed by atoms with Crippen LogP contribution in [0.3, 0.4) is 0 Å². The highest BCUT2D eigenvalue weighted by Crippen LogP contribution is 2.39. The van der Waals surface area contributed by atoms with Gasteiger partial charge in [-0.05, 0) is 43.4 Å². The topological polar surface area (TPSA) is 58.2 Å². The molecule has 0 aliphatic heterocycles. The Hall–Kier alpha value is -0.610. The summed E-state index contributed by atoms with van der Waals surface area (Å²) in [6.45, 7) is 1.27. The molecule has 0 saturated heterocycles. The van der Waals surface area contributed by atoms with E-state index in [-0.39, 0.29) is 17.6 Å². The van der Waals surface area contributed by atoms with Crippen LogP contribution in [0.15, 0.2) is 32.7 Å². The van der Waals surface area contributed by atoms with E-state index in [0.29, 0.717) is 18.8 Å². The molecule has 2 rings (SSSR count). The van der Waals surface area contributed by atoms with E-state index in [1.54, 1.807) is 46.2 Å². The molecule has 0 fully saturated rings. The van der Waals surface area contributed by atoms with Crippen molar-refractivity contribution in [2.24, 2.45) is 0 Å². The van der Waals surface area contributed by atoms with Crippen molar-refractivity contribution in [2.75, 3.05) is 30.9 Å². The maximum absolute atomic E-state index is 11.9. The van der Waals surface area contributed by atoms with Crippen molar-refractivity contribution in [3.8, 4) is 9.75 Å². The number of thiol groups is 1. The van der Waals surface area contributed by atoms with Crippen molar-refractivity contribution < 1.29 is 9.59 Å². The van der Waals surface area contributed by atoms with Gasteiger partial charge in [0.15, 0.2) is 0 Å². The van der Waals surface area contributed by atoms with Gasteiger partial charge in [0, 0.05) is 22.8 Å². The molecule has 26 heavy (non-hydrogen) atoms. The van der Waals surface area contributed by atoms with Crippen LogP contribution in [0.5, 0.6) is 0 Å². The minimum Gasteiger partial charge on any atom is -0.355 e. The van der Waals surface area contributed by atoms with Crippen molar-refractivity contribution >= 4 is 70.6 Å². The van der Waals surface area contributed by atoms with Gasteiger partial charge in [-0.1, -0.05) is 0 Å². The van der Waals surface area contributed by atoms with Gasteiger partial charge in [-0.25, -0.2) is 0 Å². The molecule has 0 radical (unpaired) electrons. The Bertz CT molecular complexity index is 714. The smallest absolute Gasteiger partial charge is 0.230 e. The molecule has 2 amide bonds. The molecule has 4 nitrogen and oxygen atoms in total. The van der Waals surface area contributed by atoms with Crippen molar-refractivity contribution in [2.45, 2.75) is 21.3 Å². The molecule has 0 saturated carbocycles. The second-order valence-corrected chi connectivity index (χ2v) is 10.2. The van der Waals surface area contributed by atoms with E-state index < -0.39 is 0 Å². The summed E-state index contributed by atoms with van der Waals surface area (Å²) in [5, 5.41) is 5.68. The molecule has 2 aromatic rings. The number of thioether (sulfide) groups is 2. The number of amides is 2. The Kier molecular flexibility index (Phi) is 9.98. The lowest BCUT2D eigenvalue weighted by atomic mass is 10.3. The highest BCUT2D eigenvalue weighted by atomic mass is 32.2. The Labute approximate surface area is 176 Å². The molecule has 2 aromatic heterocycles. The van der Waals surface area contributed by atoms with Crippen molar-refractivity contribution in [1.29, 1.82) is 0 Å². The lowest BCUT2D eigenvalue weighted by Gasteiger charge is -2.05. The Morgan fingerprint density at radius 3 is 2.12 bits per heavy atom. The quantitative estimate of drug-likeness (QED) is 0.275. The second-order valence-electron chi connectivity index (χ2n) is 5.30. The zero-order valence-corrected chi connectivity index (χ0v) is 18.6. The predicted molar refractivity (Wildman–Crippen MR) is 119 cm³/mol. The van der Waals surface area contributed by atoms with Gasteiger partial charge in [-0.15, -0.1) is 46.2 Å². The molecular formula is C17H22N2O2S5. The molecule has 2 N–H and O–H groups in total. The van der Waals surface area contributed by atoms with Gasteiger partial charge < -0.3 is 10.6 Å². The third-order valence-corrected chi connectivity index (χ3v) is 8.31. The average molecular weight is 447 g/mol. The number of carbonyl (C=O) groups is 2. The fourth-order valence-corrected chi connectivity index (χ4v) is 5.75. The monoisotopic (exact) mass is 446 g/mol. The van der Waals surface area contributed by atoms with Gasteiger partial charge in [-0.2, -0.15) is 12.6 Å². The molecule has 0 aliphatic rings. The summed E-state index contributed by atoms with van der Waals surface area (Å²) < 4.78 is 2.47. The molecule has 0 bridgehead atoms. The summed E-state index contributed by atoms with van der Waals surface area (Å²) >= 11 is 10.8. The van der Waals surface area contributed by atoms with Gasteiger partial charge >= 0.3 is 0 Å². The van der Waals surface area contributed by atoms with Crippen LogP contribution in [-0.4, -0.2) is 42.7 Å². The number of rotatable bonds is 11. The van der Waals surface area contributed by atoms with Gasteiger partial charge in [0.1, 0.15) is 0 Å². The number of thiophene rings is 2. The molecule has 0 unspecified atom stereocenters. The fraction of sp³-hybridized carbons (Fsp3) is 0.412. The minimum atomic E-state index is -0.0590. The molecule has 0 spiro atoms. The zero-order valence-electron chi connectivity index (χ0n) is 14.4. The van der Waals surface area contributed by atoms with Gasteiger partial charge in [0.2, 0.25) is 11.8 Å². The van der Waals surface area contributed by atoms with Crippen LogP contribution in [0, 0.1) is 0 Å². The number of unbranched alkanes of at least 4 members (excludes halogenated alkanes) is 1. The lowest BCUT2D eigenvalue weighted by molar-refractivity contribution is -0.119. The number of carbonyl (C=O) groups excluding carboxylic acids is 2. The van der Waals surface area contributed by atoms with Crippen molar-refractivity contribution in [1.82, 2.24) is 10.6 Å². The third-order valence-electron chi connectivity index (χ3n) is 3.34. The SMILES string of the molecule is CSc1ccc(-c2ccc(SCC(=O)NCCCCNC(=O)CS)s2)s1. The fourth-order valence-electron chi connectivity index (χ4n) is 2.04. The van der Waals surface area contributed by atoms with Gasteiger partial charge in [-0.3, -0.25) is 9.59 Å². The summed E-state index contributed by atoms with van der Waals surface area (Å²) in [5.74, 6) is 0.627. The van der Waals surface area contributed by atoms with Crippen LogP contribution in [0.2, 0.25) is 0 Å². The van der Waals surface area contributed by atoms with E-state index in [0.717, 1.165) is 17.1 Å². The summed E-state index contributed by atoms with van der Waals surface area (Å²) in [5.41, 5.74) is 0. The summed E-state index contributed by atoms with van der Waals surface area (Å²) in [4.78, 5) is 25.5. The van der Waals surface area contributed by atoms with Crippen LogP contribution in [-0.2, 0) is 9.59 Å². The third kappa shape index (κ3) is 7.56. The number of nitrogens with one attached hydrogen (secondary N) is 2. The maximum atomic E-state index is 11.9. The largest absolute Gasteiger partial charge is 0.355 e. The highest BCUT2D eigenvalue weighted by molar-refractivity contribution is 8.01. The zero-order chi connectivity index (χ0) is 18.8. The normalized spacial score (nSPS) is 10.7. The van der Waals surface area contributed by atoms with Crippen LogP contribution in [0.1, 0.15) is 12.8 Å². The van der Waals surface area contributed by atoms with Crippen molar-refractivity contribution in [3.05, 3.63) is 24.3 Å². The summed E-state index contributed by atoms with van der Waals surface area (Å²) in [6, 6.07) is 8.51. The van der Waals surface area contributed by atoms with E-state index in [4.69, 9.17) is 0 Å². The Balaban J connectivity index is 1.63. The first kappa shape index (κ1) is 21.7. The lowest BCUT2D eigenvalue weighted by Crippen LogP contribution is -2.28. The molecule has 0 atom stereocenters. The Morgan fingerprint density at radius 1 is 0.962 bits per heavy atom. The van der Waals surface area contributed by atoms with E-state index in [9.17, 15) is 9.59 Å². The molecule has 9 heteroatoms. The number of hydrogen-bond acceptors (Lipinski definition) is 7. The van der Waals surface area contributed by atoms with E-state index >= 15 is 0 Å². The van der Waals surface area contributed by atoms with E-state index in [2.05, 4.69) is 53.8 Å². The molecule has 0 aliphatic carbocycles. The predicted octanol–water partition coefficient (Wildman–Crippen LogP) is 4.23. The van der Waals surface area contributed by atoms with Crippen LogP contribution in [0.4, 0.5) is 0 Å². The maximum Gasteiger partial charge on any atom is 0.230 e. The molecule has 2 heterocycles. The Morgan fingerprint density at radius 2 is 1.54 bits per heavy atom. The van der Waals surface area contributed by atoms with Crippen LogP contribution >= 0.6 is 58.8 Å². The van der Waals surface area contributed by atoms with E-state index in [1.807, 2.05) is 0 Å². The first-order valence-electron chi connectivity index (χ1n) is 8.13. The first-order valence-corrected chi connectivity index (χ1v) is 12.6. The van der Waals surface area contributed by atoms with Gasteiger partial charge in [0.05, 0.1) is 19.9 Å². The summed E-state index contributed by atoms with van der Waals surface area (Å²) in [6.07, 6.45) is 3.78. The molecule has 0 aromatic carbocycles. The van der Waals surface area contributed by atoms with Crippen LogP contribution < -0.4 is 10.6 Å². The van der Waals surface area contributed by atoms with Gasteiger partial charge in [0.25, 0.3) is 0 Å². The highest BCUT2D eigenvalue weighted by Gasteiger charge is 2.08. The van der Waals surface area contributed by atoms with Crippen molar-refractivity contribution in [3.63, 3.8) is 0 Å². The second kappa shape index (κ2) is 12.0. The molecular weight excluding hydrogens is 425 g/mol. The molecule has 142 valence electrons. The van der Waals surface area contributed by atoms with E-state index in [1.165, 1.54) is 14.0 Å².